The summed E-state index contributed by atoms with van der Waals surface area (Å²) < 4.78 is 10.3. The third-order valence-corrected chi connectivity index (χ3v) is 4.00. The van der Waals surface area contributed by atoms with Crippen molar-refractivity contribution < 1.29 is 19.4 Å². The quantitative estimate of drug-likeness (QED) is 0.860. The van der Waals surface area contributed by atoms with Gasteiger partial charge in [0.15, 0.2) is 0 Å². The van der Waals surface area contributed by atoms with E-state index >= 15 is 0 Å². The van der Waals surface area contributed by atoms with Crippen LogP contribution in [0.4, 0.5) is 0 Å². The highest BCUT2D eigenvalue weighted by molar-refractivity contribution is 5.84. The SMILES string of the molecule is COc1ccc(O)c(CNC(=O)C2(C(C)C)COC2)c1. The lowest BCUT2D eigenvalue weighted by molar-refractivity contribution is -0.171. The molecular weight excluding hydrogens is 258 g/mol. The summed E-state index contributed by atoms with van der Waals surface area (Å²) >= 11 is 0. The molecule has 5 heteroatoms. The Morgan fingerprint density at radius 1 is 1.50 bits per heavy atom. The van der Waals surface area contributed by atoms with Crippen molar-refractivity contribution in [1.82, 2.24) is 5.32 Å². The van der Waals surface area contributed by atoms with E-state index in [4.69, 9.17) is 9.47 Å². The monoisotopic (exact) mass is 279 g/mol. The van der Waals surface area contributed by atoms with Gasteiger partial charge in [0.1, 0.15) is 11.5 Å². The van der Waals surface area contributed by atoms with Crippen molar-refractivity contribution in [2.24, 2.45) is 11.3 Å². The summed E-state index contributed by atoms with van der Waals surface area (Å²) in [5.41, 5.74) is 0.200. The fourth-order valence-corrected chi connectivity index (χ4v) is 2.23. The van der Waals surface area contributed by atoms with Crippen molar-refractivity contribution in [3.8, 4) is 11.5 Å². The van der Waals surface area contributed by atoms with E-state index in [1.807, 2.05) is 13.8 Å². The van der Waals surface area contributed by atoms with Crippen LogP contribution in [-0.4, -0.2) is 31.3 Å². The van der Waals surface area contributed by atoms with Gasteiger partial charge in [0, 0.05) is 12.1 Å². The molecule has 1 fully saturated rings. The number of amides is 1. The molecule has 20 heavy (non-hydrogen) atoms. The number of carbonyl (C=O) groups excluding carboxylic acids is 1. The predicted molar refractivity (Wildman–Crippen MR) is 74.6 cm³/mol. The maximum absolute atomic E-state index is 12.3. The Labute approximate surface area is 118 Å². The molecule has 2 N–H and O–H groups in total. The first-order valence-electron chi connectivity index (χ1n) is 6.71. The van der Waals surface area contributed by atoms with Gasteiger partial charge < -0.3 is 19.9 Å². The molecule has 5 nitrogen and oxygen atoms in total. The first kappa shape index (κ1) is 14.7. The lowest BCUT2D eigenvalue weighted by atomic mass is 9.74. The average Bonchev–Trinajstić information content (AvgIpc) is 2.36. The van der Waals surface area contributed by atoms with Crippen molar-refractivity contribution >= 4 is 5.91 Å². The molecule has 1 aliphatic rings. The number of aromatic hydroxyl groups is 1. The summed E-state index contributed by atoms with van der Waals surface area (Å²) in [6, 6.07) is 4.95. The zero-order valence-corrected chi connectivity index (χ0v) is 12.1. The number of carbonyl (C=O) groups is 1. The Morgan fingerprint density at radius 2 is 2.20 bits per heavy atom. The number of nitrogens with one attached hydrogen (secondary N) is 1. The Hall–Kier alpha value is -1.75. The molecule has 0 aromatic heterocycles. The van der Waals surface area contributed by atoms with Crippen LogP contribution >= 0.6 is 0 Å². The topological polar surface area (TPSA) is 67.8 Å². The van der Waals surface area contributed by atoms with Crippen molar-refractivity contribution in [3.63, 3.8) is 0 Å². The highest BCUT2D eigenvalue weighted by atomic mass is 16.5. The van der Waals surface area contributed by atoms with E-state index in [-0.39, 0.29) is 24.1 Å². The molecule has 0 atom stereocenters. The third-order valence-electron chi connectivity index (χ3n) is 4.00. The molecule has 0 radical (unpaired) electrons. The molecule has 1 heterocycles. The van der Waals surface area contributed by atoms with Gasteiger partial charge in [-0.2, -0.15) is 0 Å². The predicted octanol–water partition coefficient (Wildman–Crippen LogP) is 1.69. The van der Waals surface area contributed by atoms with Crippen LogP contribution in [-0.2, 0) is 16.1 Å². The van der Waals surface area contributed by atoms with E-state index in [1.54, 1.807) is 25.3 Å². The van der Waals surface area contributed by atoms with Crippen molar-refractivity contribution in [1.29, 1.82) is 0 Å². The molecule has 1 aliphatic heterocycles. The number of rotatable bonds is 5. The highest BCUT2D eigenvalue weighted by Crippen LogP contribution is 2.36. The van der Waals surface area contributed by atoms with Crippen LogP contribution < -0.4 is 10.1 Å². The molecule has 1 aromatic carbocycles. The van der Waals surface area contributed by atoms with Crippen molar-refractivity contribution in [3.05, 3.63) is 23.8 Å². The minimum atomic E-state index is -0.436. The Bertz CT molecular complexity index is 495. The minimum absolute atomic E-state index is 0.0269. The van der Waals surface area contributed by atoms with Crippen LogP contribution in [0.25, 0.3) is 0 Å². The molecule has 110 valence electrons. The van der Waals surface area contributed by atoms with Crippen LogP contribution in [0.3, 0.4) is 0 Å². The Balaban J connectivity index is 2.03. The number of hydrogen-bond acceptors (Lipinski definition) is 4. The molecule has 1 aromatic rings. The van der Waals surface area contributed by atoms with Gasteiger partial charge in [-0.3, -0.25) is 4.79 Å². The molecular formula is C15H21NO4. The van der Waals surface area contributed by atoms with Crippen molar-refractivity contribution in [2.45, 2.75) is 20.4 Å². The average molecular weight is 279 g/mol. The lowest BCUT2D eigenvalue weighted by Crippen LogP contribution is -2.57. The summed E-state index contributed by atoms with van der Waals surface area (Å²) in [4.78, 5) is 12.3. The van der Waals surface area contributed by atoms with Crippen LogP contribution in [0, 0.1) is 11.3 Å². The molecule has 0 unspecified atom stereocenters. The fourth-order valence-electron chi connectivity index (χ4n) is 2.23. The number of ether oxygens (including phenoxy) is 2. The van der Waals surface area contributed by atoms with Crippen LogP contribution in [0.2, 0.25) is 0 Å². The first-order valence-corrected chi connectivity index (χ1v) is 6.71. The van der Waals surface area contributed by atoms with Gasteiger partial charge in [-0.1, -0.05) is 13.8 Å². The fraction of sp³-hybridized carbons (Fsp3) is 0.533. The van der Waals surface area contributed by atoms with Gasteiger partial charge in [-0.05, 0) is 24.1 Å². The summed E-state index contributed by atoms with van der Waals surface area (Å²) in [5, 5.41) is 12.7. The second-order valence-corrected chi connectivity index (χ2v) is 5.48. The summed E-state index contributed by atoms with van der Waals surface area (Å²) in [7, 11) is 1.56. The zero-order valence-electron chi connectivity index (χ0n) is 12.1. The number of phenolic OH excluding ortho intramolecular Hbond substituents is 1. The van der Waals surface area contributed by atoms with Gasteiger partial charge in [0.05, 0.1) is 25.7 Å². The maximum Gasteiger partial charge on any atom is 0.231 e. The van der Waals surface area contributed by atoms with Crippen LogP contribution in [0.1, 0.15) is 19.4 Å². The van der Waals surface area contributed by atoms with E-state index in [1.165, 1.54) is 0 Å². The smallest absolute Gasteiger partial charge is 0.231 e. The Kier molecular flexibility index (Phi) is 4.18. The number of benzene rings is 1. The molecule has 0 aliphatic carbocycles. The molecule has 1 saturated heterocycles. The van der Waals surface area contributed by atoms with Crippen LogP contribution in [0.5, 0.6) is 11.5 Å². The van der Waals surface area contributed by atoms with E-state index in [0.717, 1.165) is 0 Å². The van der Waals surface area contributed by atoms with Gasteiger partial charge in [0.25, 0.3) is 0 Å². The van der Waals surface area contributed by atoms with Crippen molar-refractivity contribution in [2.75, 3.05) is 20.3 Å². The molecule has 0 spiro atoms. The van der Waals surface area contributed by atoms with Gasteiger partial charge >= 0.3 is 0 Å². The third kappa shape index (κ3) is 2.58. The van der Waals surface area contributed by atoms with E-state index in [9.17, 15) is 9.90 Å². The molecule has 0 saturated carbocycles. The van der Waals surface area contributed by atoms with Gasteiger partial charge in [-0.15, -0.1) is 0 Å². The second kappa shape index (κ2) is 5.71. The molecule has 0 bridgehead atoms. The van der Waals surface area contributed by atoms with E-state index in [2.05, 4.69) is 5.32 Å². The summed E-state index contributed by atoms with van der Waals surface area (Å²) in [5.74, 6) is 0.989. The standard InChI is InChI=1S/C15H21NO4/c1-10(2)15(8-20-9-15)14(18)16-7-11-6-12(19-3)4-5-13(11)17/h4-6,10,17H,7-9H2,1-3H3,(H,16,18). The maximum atomic E-state index is 12.3. The number of phenols is 1. The summed E-state index contributed by atoms with van der Waals surface area (Å²) in [6.07, 6.45) is 0. The lowest BCUT2D eigenvalue weighted by Gasteiger charge is -2.43. The normalized spacial score (nSPS) is 16.6. The van der Waals surface area contributed by atoms with E-state index < -0.39 is 5.41 Å². The van der Waals surface area contributed by atoms with E-state index in [0.29, 0.717) is 24.5 Å². The zero-order chi connectivity index (χ0) is 14.8. The largest absolute Gasteiger partial charge is 0.508 e. The Morgan fingerprint density at radius 3 is 2.70 bits per heavy atom. The molecule has 2 rings (SSSR count). The summed E-state index contributed by atoms with van der Waals surface area (Å²) in [6.45, 7) is 5.23. The second-order valence-electron chi connectivity index (χ2n) is 5.48. The first-order chi connectivity index (χ1) is 9.49. The van der Waals surface area contributed by atoms with Crippen LogP contribution in [0.15, 0.2) is 18.2 Å². The number of methoxy groups -OCH3 is 1. The van der Waals surface area contributed by atoms with Gasteiger partial charge in [-0.25, -0.2) is 0 Å². The van der Waals surface area contributed by atoms with Gasteiger partial charge in [0.2, 0.25) is 5.91 Å². The number of hydrogen-bond donors (Lipinski definition) is 2. The minimum Gasteiger partial charge on any atom is -0.508 e. The highest BCUT2D eigenvalue weighted by Gasteiger charge is 2.48. The molecule has 1 amide bonds.